The number of rotatable bonds is 10. The van der Waals surface area contributed by atoms with Crippen molar-refractivity contribution >= 4 is 22.7 Å². The SMILES string of the molecule is O=C(CN[C@H](Cc1c[nH]c2ccccc12)C(=O)O)[C@@H](O)[C@H](O)[C@H](O)CO. The summed E-state index contributed by atoms with van der Waals surface area (Å²) in [5, 5.41) is 50.0. The lowest BCUT2D eigenvalue weighted by atomic mass is 10.0. The third-order valence-electron chi connectivity index (χ3n) is 4.15. The summed E-state index contributed by atoms with van der Waals surface area (Å²) in [6, 6.07) is 6.29. The highest BCUT2D eigenvalue weighted by atomic mass is 16.4. The van der Waals surface area contributed by atoms with Crippen molar-refractivity contribution in [3.05, 3.63) is 36.0 Å². The van der Waals surface area contributed by atoms with Gasteiger partial charge in [0.1, 0.15) is 24.4 Å². The number of carboxylic acid groups (broad SMARTS) is 1. The molecule has 0 amide bonds. The zero-order valence-electron chi connectivity index (χ0n) is 13.9. The third kappa shape index (κ3) is 4.65. The van der Waals surface area contributed by atoms with Gasteiger partial charge in [-0.05, 0) is 11.6 Å². The number of aliphatic carboxylic acids is 1. The summed E-state index contributed by atoms with van der Waals surface area (Å²) < 4.78 is 0. The van der Waals surface area contributed by atoms with E-state index in [1.54, 1.807) is 6.20 Å². The first-order chi connectivity index (χ1) is 12.3. The molecule has 1 heterocycles. The molecule has 0 unspecified atom stereocenters. The second-order valence-electron chi connectivity index (χ2n) is 5.99. The van der Waals surface area contributed by atoms with Crippen molar-refractivity contribution in [3.8, 4) is 0 Å². The van der Waals surface area contributed by atoms with Crippen molar-refractivity contribution in [1.82, 2.24) is 10.3 Å². The zero-order valence-corrected chi connectivity index (χ0v) is 13.9. The number of benzene rings is 1. The Morgan fingerprint density at radius 1 is 1.15 bits per heavy atom. The fraction of sp³-hybridized carbons (Fsp3) is 0.412. The molecule has 4 atom stereocenters. The highest BCUT2D eigenvalue weighted by molar-refractivity contribution is 5.87. The van der Waals surface area contributed by atoms with Gasteiger partial charge in [0, 0.05) is 23.5 Å². The van der Waals surface area contributed by atoms with Crippen LogP contribution >= 0.6 is 0 Å². The number of carbonyl (C=O) groups is 2. The molecule has 1 aromatic carbocycles. The topological polar surface area (TPSA) is 163 Å². The van der Waals surface area contributed by atoms with E-state index in [2.05, 4.69) is 10.3 Å². The number of hydrogen-bond acceptors (Lipinski definition) is 7. The van der Waals surface area contributed by atoms with Gasteiger partial charge in [0.15, 0.2) is 5.78 Å². The second kappa shape index (κ2) is 8.88. The van der Waals surface area contributed by atoms with E-state index in [9.17, 15) is 30.0 Å². The van der Waals surface area contributed by atoms with Gasteiger partial charge >= 0.3 is 5.97 Å². The summed E-state index contributed by atoms with van der Waals surface area (Å²) in [5.41, 5.74) is 1.61. The smallest absolute Gasteiger partial charge is 0.321 e. The lowest BCUT2D eigenvalue weighted by Gasteiger charge is -2.21. The first-order valence-electron chi connectivity index (χ1n) is 8.04. The normalized spacial score (nSPS) is 16.2. The number of aromatic amines is 1. The van der Waals surface area contributed by atoms with Crippen LogP contribution in [-0.4, -0.2) is 79.8 Å². The Labute approximate surface area is 148 Å². The number of nitrogens with one attached hydrogen (secondary N) is 2. The van der Waals surface area contributed by atoms with Crippen LogP contribution in [0.4, 0.5) is 0 Å². The molecule has 9 heteroatoms. The fourth-order valence-corrected chi connectivity index (χ4v) is 2.60. The lowest BCUT2D eigenvalue weighted by molar-refractivity contribution is -0.141. The van der Waals surface area contributed by atoms with Crippen LogP contribution in [0.25, 0.3) is 10.9 Å². The van der Waals surface area contributed by atoms with Gasteiger partial charge in [-0.2, -0.15) is 0 Å². The molecule has 26 heavy (non-hydrogen) atoms. The number of aliphatic hydroxyl groups is 4. The quantitative estimate of drug-likeness (QED) is 0.264. The predicted octanol–water partition coefficient (Wildman–Crippen LogP) is -1.60. The number of aliphatic hydroxyl groups excluding tert-OH is 4. The van der Waals surface area contributed by atoms with Crippen molar-refractivity contribution in [2.75, 3.05) is 13.2 Å². The molecule has 7 N–H and O–H groups in total. The Balaban J connectivity index is 2.00. The van der Waals surface area contributed by atoms with Crippen LogP contribution in [0.15, 0.2) is 30.5 Å². The molecule has 0 spiro atoms. The fourth-order valence-electron chi connectivity index (χ4n) is 2.60. The van der Waals surface area contributed by atoms with E-state index in [-0.39, 0.29) is 6.42 Å². The van der Waals surface area contributed by atoms with E-state index >= 15 is 0 Å². The third-order valence-corrected chi connectivity index (χ3v) is 4.15. The number of carbonyl (C=O) groups excluding carboxylic acids is 1. The molecule has 0 saturated carbocycles. The summed E-state index contributed by atoms with van der Waals surface area (Å²) >= 11 is 0. The number of carboxylic acids is 1. The van der Waals surface area contributed by atoms with Gasteiger partial charge in [-0.3, -0.25) is 14.9 Å². The molecule has 0 saturated heterocycles. The van der Waals surface area contributed by atoms with E-state index in [4.69, 9.17) is 5.11 Å². The van der Waals surface area contributed by atoms with E-state index in [1.807, 2.05) is 24.3 Å². The number of Topliss-reactive ketones (excluding diaryl/α,β-unsaturated/α-hetero) is 1. The minimum absolute atomic E-state index is 0.102. The Bertz CT molecular complexity index is 760. The Morgan fingerprint density at radius 3 is 2.50 bits per heavy atom. The van der Waals surface area contributed by atoms with Crippen LogP contribution in [0.2, 0.25) is 0 Å². The average molecular weight is 366 g/mol. The Kier molecular flexibility index (Phi) is 6.83. The van der Waals surface area contributed by atoms with Crippen LogP contribution in [0, 0.1) is 0 Å². The van der Waals surface area contributed by atoms with Gasteiger partial charge in [-0.25, -0.2) is 0 Å². The van der Waals surface area contributed by atoms with E-state index in [1.165, 1.54) is 0 Å². The van der Waals surface area contributed by atoms with Crippen LogP contribution in [0.3, 0.4) is 0 Å². The molecule has 0 radical (unpaired) electrons. The highest BCUT2D eigenvalue weighted by Gasteiger charge is 2.30. The molecule has 142 valence electrons. The average Bonchev–Trinajstić information content (AvgIpc) is 3.05. The predicted molar refractivity (Wildman–Crippen MR) is 91.5 cm³/mol. The molecule has 2 aromatic rings. The Hall–Kier alpha value is -2.30. The molecule has 9 nitrogen and oxygen atoms in total. The van der Waals surface area contributed by atoms with Crippen molar-refractivity contribution in [1.29, 1.82) is 0 Å². The highest BCUT2D eigenvalue weighted by Crippen LogP contribution is 2.19. The van der Waals surface area contributed by atoms with Gasteiger partial charge in [0.05, 0.1) is 13.2 Å². The van der Waals surface area contributed by atoms with Gasteiger partial charge in [0.2, 0.25) is 0 Å². The number of ketones is 1. The first kappa shape index (κ1) is 20.0. The molecule has 0 aliphatic heterocycles. The van der Waals surface area contributed by atoms with Crippen molar-refractivity contribution in [2.24, 2.45) is 0 Å². The molecule has 0 aliphatic rings. The van der Waals surface area contributed by atoms with Gasteiger partial charge < -0.3 is 30.5 Å². The van der Waals surface area contributed by atoms with Crippen molar-refractivity contribution < 1.29 is 35.1 Å². The standard InChI is InChI=1S/C17H22N2O7/c20-8-14(22)16(24)15(23)13(21)7-19-12(17(25)26)5-9-6-18-11-4-2-1-3-10(9)11/h1-4,6,12,14-16,18-20,22-24H,5,7-8H2,(H,25,26)/t12-,14-,15-,16-/m1/s1. The largest absolute Gasteiger partial charge is 0.480 e. The first-order valence-corrected chi connectivity index (χ1v) is 8.04. The van der Waals surface area contributed by atoms with E-state index < -0.39 is 49.3 Å². The molecule has 1 aromatic heterocycles. The molecule has 2 rings (SSSR count). The van der Waals surface area contributed by atoms with Gasteiger partial charge in [-0.1, -0.05) is 18.2 Å². The Morgan fingerprint density at radius 2 is 1.85 bits per heavy atom. The summed E-state index contributed by atoms with van der Waals surface area (Å²) in [4.78, 5) is 26.4. The number of para-hydroxylation sites is 1. The number of hydrogen-bond donors (Lipinski definition) is 7. The summed E-state index contributed by atoms with van der Waals surface area (Å²) in [5.74, 6) is -2.07. The van der Waals surface area contributed by atoms with E-state index in [0.717, 1.165) is 16.5 Å². The molecular weight excluding hydrogens is 344 g/mol. The minimum atomic E-state index is -1.94. The minimum Gasteiger partial charge on any atom is -0.480 e. The van der Waals surface area contributed by atoms with Crippen LogP contribution in [0.5, 0.6) is 0 Å². The monoisotopic (exact) mass is 366 g/mol. The number of H-pyrrole nitrogens is 1. The number of aromatic nitrogens is 1. The van der Waals surface area contributed by atoms with E-state index in [0.29, 0.717) is 0 Å². The zero-order chi connectivity index (χ0) is 19.3. The second-order valence-corrected chi connectivity index (χ2v) is 5.99. The molecule has 0 bridgehead atoms. The van der Waals surface area contributed by atoms with Crippen LogP contribution in [-0.2, 0) is 16.0 Å². The summed E-state index contributed by atoms with van der Waals surface area (Å²) in [7, 11) is 0. The maximum atomic E-state index is 11.9. The maximum Gasteiger partial charge on any atom is 0.321 e. The molecular formula is C17H22N2O7. The van der Waals surface area contributed by atoms with Crippen molar-refractivity contribution in [3.63, 3.8) is 0 Å². The van der Waals surface area contributed by atoms with Crippen LogP contribution in [0.1, 0.15) is 5.56 Å². The molecule has 0 fully saturated rings. The lowest BCUT2D eigenvalue weighted by Crippen LogP contribution is -2.49. The summed E-state index contributed by atoms with van der Waals surface area (Å²) in [6.07, 6.45) is -3.67. The maximum absolute atomic E-state index is 11.9. The summed E-state index contributed by atoms with van der Waals surface area (Å²) in [6.45, 7) is -1.34. The van der Waals surface area contributed by atoms with Crippen LogP contribution < -0.4 is 5.32 Å². The van der Waals surface area contributed by atoms with Crippen molar-refractivity contribution in [2.45, 2.75) is 30.8 Å². The number of fused-ring (bicyclic) bond motifs is 1. The van der Waals surface area contributed by atoms with Gasteiger partial charge in [-0.15, -0.1) is 0 Å². The molecule has 0 aliphatic carbocycles. The van der Waals surface area contributed by atoms with Gasteiger partial charge in [0.25, 0.3) is 0 Å².